The fourth-order valence-electron chi connectivity index (χ4n) is 1.80. The Labute approximate surface area is 127 Å². The molecular weight excluding hydrogens is 310 g/mol. The van der Waals surface area contributed by atoms with E-state index >= 15 is 0 Å². The van der Waals surface area contributed by atoms with Crippen LogP contribution in [-0.2, 0) is 4.52 Å². The van der Waals surface area contributed by atoms with Crippen molar-refractivity contribution in [3.8, 4) is 0 Å². The SMILES string of the molecule is CCCCCCCCCCCCOP(O)(S)(Cl)Cl. The van der Waals surface area contributed by atoms with Crippen LogP contribution in [0, 0.1) is 0 Å². The molecule has 1 N–H and O–H groups in total. The molecule has 0 rings (SSSR count). The molecule has 0 aromatic carbocycles. The molecule has 2 nitrogen and oxygen atoms in total. The maximum atomic E-state index is 9.33. The molecule has 0 aliphatic carbocycles. The first-order chi connectivity index (χ1) is 8.31. The van der Waals surface area contributed by atoms with Crippen LogP contribution in [0.15, 0.2) is 0 Å². The average Bonchev–Trinajstić information content (AvgIpc) is 2.23. The Balaban J connectivity index is 3.13. The second kappa shape index (κ2) is 10.1. The zero-order valence-corrected chi connectivity index (χ0v) is 14.6. The summed E-state index contributed by atoms with van der Waals surface area (Å²) in [5.74, 6) is 0. The summed E-state index contributed by atoms with van der Waals surface area (Å²) in [6.07, 6.45) is 12.5. The van der Waals surface area contributed by atoms with Crippen LogP contribution in [0.4, 0.5) is 0 Å². The van der Waals surface area contributed by atoms with Gasteiger partial charge in [0.05, 0.1) is 0 Å². The van der Waals surface area contributed by atoms with E-state index in [4.69, 9.17) is 27.0 Å². The maximum absolute atomic E-state index is 9.33. The summed E-state index contributed by atoms with van der Waals surface area (Å²) in [5.41, 5.74) is 0. The van der Waals surface area contributed by atoms with E-state index in [9.17, 15) is 4.89 Å². The van der Waals surface area contributed by atoms with Crippen molar-refractivity contribution in [2.75, 3.05) is 6.61 Å². The van der Waals surface area contributed by atoms with E-state index in [0.29, 0.717) is 6.61 Å². The Morgan fingerprint density at radius 2 is 1.28 bits per heavy atom. The van der Waals surface area contributed by atoms with Gasteiger partial charge in [-0.05, 0) is 0 Å². The summed E-state index contributed by atoms with van der Waals surface area (Å²) in [6, 6.07) is 0. The molecule has 112 valence electrons. The van der Waals surface area contributed by atoms with E-state index in [1.54, 1.807) is 0 Å². The standard InChI is InChI=1S/C12H27Cl2O2PS/c1-2-3-4-5-6-7-8-9-10-11-12-16-17(13,14,15)18/h15,18H,2-12H2,1H3. The number of hydrogen-bond donors (Lipinski definition) is 2. The Morgan fingerprint density at radius 3 is 1.67 bits per heavy atom. The van der Waals surface area contributed by atoms with Gasteiger partial charge in [0.1, 0.15) is 0 Å². The summed E-state index contributed by atoms with van der Waals surface area (Å²) in [5, 5.41) is 0. The number of thiol groups is 1. The van der Waals surface area contributed by atoms with E-state index in [0.717, 1.165) is 12.8 Å². The molecule has 0 saturated heterocycles. The first-order valence-corrected chi connectivity index (χ1v) is 12.0. The molecule has 0 aliphatic heterocycles. The second-order valence-electron chi connectivity index (χ2n) is 4.77. The molecule has 0 atom stereocenters. The minimum atomic E-state index is -4.07. The molecule has 0 spiro atoms. The Morgan fingerprint density at radius 1 is 0.889 bits per heavy atom. The monoisotopic (exact) mass is 336 g/mol. The van der Waals surface area contributed by atoms with Crippen molar-refractivity contribution in [3.05, 3.63) is 0 Å². The number of hydrogen-bond acceptors (Lipinski definition) is 3. The van der Waals surface area contributed by atoms with Gasteiger partial charge in [-0.2, -0.15) is 0 Å². The van der Waals surface area contributed by atoms with Crippen LogP contribution in [0.2, 0.25) is 0 Å². The van der Waals surface area contributed by atoms with Gasteiger partial charge in [0, 0.05) is 0 Å². The molecule has 0 amide bonds. The van der Waals surface area contributed by atoms with Gasteiger partial charge in [-0.3, -0.25) is 0 Å². The van der Waals surface area contributed by atoms with Gasteiger partial charge < -0.3 is 0 Å². The van der Waals surface area contributed by atoms with Crippen molar-refractivity contribution >= 4 is 39.7 Å². The molecule has 0 aromatic rings. The van der Waals surface area contributed by atoms with Gasteiger partial charge in [-0.15, -0.1) is 0 Å². The predicted octanol–water partition coefficient (Wildman–Crippen LogP) is 6.45. The van der Waals surface area contributed by atoms with E-state index < -0.39 is 4.96 Å². The third-order valence-corrected chi connectivity index (χ3v) is 4.34. The van der Waals surface area contributed by atoms with Crippen LogP contribution in [-0.4, -0.2) is 11.5 Å². The first-order valence-electron chi connectivity index (χ1n) is 6.92. The predicted molar refractivity (Wildman–Crippen MR) is 87.6 cm³/mol. The van der Waals surface area contributed by atoms with E-state index in [1.165, 1.54) is 51.4 Å². The van der Waals surface area contributed by atoms with E-state index in [-0.39, 0.29) is 0 Å². The number of unbranched alkanes of at least 4 members (excludes halogenated alkanes) is 9. The second-order valence-corrected chi connectivity index (χ2v) is 14.5. The molecular formula is C12H27Cl2O2PS. The molecule has 18 heavy (non-hydrogen) atoms. The summed E-state index contributed by atoms with van der Waals surface area (Å²) in [7, 11) is 0. The quantitative estimate of drug-likeness (QED) is 0.243. The molecule has 0 fully saturated rings. The van der Waals surface area contributed by atoms with E-state index in [1.807, 2.05) is 0 Å². The average molecular weight is 337 g/mol. The van der Waals surface area contributed by atoms with Crippen molar-refractivity contribution in [2.45, 2.75) is 71.1 Å². The summed E-state index contributed by atoms with van der Waals surface area (Å²) < 4.78 is 4.97. The van der Waals surface area contributed by atoms with Gasteiger partial charge >= 0.3 is 120 Å². The van der Waals surface area contributed by atoms with Crippen LogP contribution >= 0.6 is 39.7 Å². The van der Waals surface area contributed by atoms with Crippen molar-refractivity contribution in [1.82, 2.24) is 0 Å². The van der Waals surface area contributed by atoms with Gasteiger partial charge in [0.2, 0.25) is 0 Å². The van der Waals surface area contributed by atoms with Crippen LogP contribution < -0.4 is 0 Å². The van der Waals surface area contributed by atoms with E-state index in [2.05, 4.69) is 19.2 Å². The fraction of sp³-hybridized carbons (Fsp3) is 1.00. The van der Waals surface area contributed by atoms with Gasteiger partial charge in [0.15, 0.2) is 0 Å². The fourth-order valence-corrected chi connectivity index (χ4v) is 2.89. The van der Waals surface area contributed by atoms with Crippen LogP contribution in [0.1, 0.15) is 71.1 Å². The third-order valence-electron chi connectivity index (χ3n) is 2.80. The molecule has 0 heterocycles. The molecule has 0 radical (unpaired) electrons. The van der Waals surface area contributed by atoms with Crippen LogP contribution in [0.5, 0.6) is 0 Å². The summed E-state index contributed by atoms with van der Waals surface area (Å²) >= 11 is 14.7. The summed E-state index contributed by atoms with van der Waals surface area (Å²) in [6.45, 7) is 2.61. The van der Waals surface area contributed by atoms with Gasteiger partial charge in [-0.1, -0.05) is 6.92 Å². The summed E-state index contributed by atoms with van der Waals surface area (Å²) in [4.78, 5) is 5.26. The normalized spacial score (nSPS) is 14.4. The van der Waals surface area contributed by atoms with Crippen molar-refractivity contribution in [2.24, 2.45) is 0 Å². The first kappa shape index (κ1) is 19.3. The number of halogens is 2. The zero-order valence-electron chi connectivity index (χ0n) is 11.3. The Kier molecular flexibility index (Phi) is 10.8. The molecule has 6 heteroatoms. The van der Waals surface area contributed by atoms with Gasteiger partial charge in [0.25, 0.3) is 0 Å². The molecule has 0 bridgehead atoms. The Bertz CT molecular complexity index is 201. The van der Waals surface area contributed by atoms with Crippen molar-refractivity contribution in [3.63, 3.8) is 0 Å². The van der Waals surface area contributed by atoms with Crippen molar-refractivity contribution in [1.29, 1.82) is 0 Å². The number of rotatable bonds is 12. The third kappa shape index (κ3) is 17.3. The van der Waals surface area contributed by atoms with Crippen LogP contribution in [0.3, 0.4) is 0 Å². The minimum absolute atomic E-state index is 0.376. The van der Waals surface area contributed by atoms with Gasteiger partial charge in [-0.25, -0.2) is 0 Å². The molecule has 0 aliphatic rings. The topological polar surface area (TPSA) is 29.5 Å². The van der Waals surface area contributed by atoms with Crippen molar-refractivity contribution < 1.29 is 9.42 Å². The molecule has 0 aromatic heterocycles. The van der Waals surface area contributed by atoms with Crippen LogP contribution in [0.25, 0.3) is 0 Å². The molecule has 0 saturated carbocycles. The zero-order chi connectivity index (χ0) is 13.9. The molecule has 0 unspecified atom stereocenters. The Hall–Kier alpha value is 1.28.